The number of nitrogens with zero attached hydrogens (tertiary/aromatic N) is 3. The highest BCUT2D eigenvalue weighted by Crippen LogP contribution is 2.26. The summed E-state index contributed by atoms with van der Waals surface area (Å²) in [5.41, 5.74) is 1.43. The molecule has 3 rings (SSSR count). The molecule has 0 aliphatic carbocycles. The number of hydrogen-bond donors (Lipinski definition) is 0. The molecular formula is C20H31N3O. The predicted molar refractivity (Wildman–Crippen MR) is 98.1 cm³/mol. The van der Waals surface area contributed by atoms with Crippen LogP contribution in [-0.2, 0) is 4.79 Å². The van der Waals surface area contributed by atoms with Gasteiger partial charge in [0.05, 0.1) is 0 Å². The van der Waals surface area contributed by atoms with Crippen LogP contribution in [0.1, 0.15) is 32.3 Å². The van der Waals surface area contributed by atoms with Crippen LogP contribution in [0.3, 0.4) is 0 Å². The van der Waals surface area contributed by atoms with Crippen molar-refractivity contribution in [3.8, 4) is 0 Å². The third kappa shape index (κ3) is 3.98. The molecule has 1 amide bonds. The summed E-state index contributed by atoms with van der Waals surface area (Å²) < 4.78 is 0. The fraction of sp³-hybridized carbons (Fsp3) is 0.650. The maximum Gasteiger partial charge on any atom is 0.219 e. The molecule has 4 heteroatoms. The topological polar surface area (TPSA) is 26.8 Å². The number of likely N-dealkylation sites (tertiary alicyclic amines) is 1. The summed E-state index contributed by atoms with van der Waals surface area (Å²) in [7, 11) is 0. The van der Waals surface area contributed by atoms with Crippen molar-refractivity contribution < 1.29 is 4.79 Å². The van der Waals surface area contributed by atoms with Crippen LogP contribution in [0.15, 0.2) is 30.3 Å². The van der Waals surface area contributed by atoms with E-state index in [1.54, 1.807) is 6.92 Å². The average Bonchev–Trinajstić information content (AvgIpc) is 2.96. The standard InChI is InChI=1S/C20H31N3O/c1-16(19-7-5-4-6-8-19)13-21-14-17(2)20(15-21)23-11-9-22(10-12-23)18(3)24/h4-8,16-17,20H,9-15H2,1-3H3/t16-,17+,20+/m0/s1. The van der Waals surface area contributed by atoms with Gasteiger partial charge in [0.1, 0.15) is 0 Å². The molecular weight excluding hydrogens is 298 g/mol. The summed E-state index contributed by atoms with van der Waals surface area (Å²) >= 11 is 0. The van der Waals surface area contributed by atoms with Gasteiger partial charge < -0.3 is 9.80 Å². The van der Waals surface area contributed by atoms with Crippen molar-refractivity contribution in [1.29, 1.82) is 0 Å². The maximum atomic E-state index is 11.5. The molecule has 2 saturated heterocycles. The number of carbonyl (C=O) groups excluding carboxylic acids is 1. The zero-order valence-corrected chi connectivity index (χ0v) is 15.3. The van der Waals surface area contributed by atoms with E-state index in [2.05, 4.69) is 54.0 Å². The number of benzene rings is 1. The summed E-state index contributed by atoms with van der Waals surface area (Å²) in [6, 6.07) is 11.5. The number of rotatable bonds is 4. The highest BCUT2D eigenvalue weighted by Gasteiger charge is 2.35. The molecule has 2 aliphatic rings. The van der Waals surface area contributed by atoms with Gasteiger partial charge in [0.15, 0.2) is 0 Å². The minimum atomic E-state index is 0.215. The second-order valence-electron chi connectivity index (χ2n) is 7.62. The molecule has 2 aliphatic heterocycles. The fourth-order valence-electron chi connectivity index (χ4n) is 4.32. The van der Waals surface area contributed by atoms with Crippen LogP contribution in [0.4, 0.5) is 0 Å². The Bertz CT molecular complexity index is 539. The van der Waals surface area contributed by atoms with E-state index in [1.165, 1.54) is 18.7 Å². The van der Waals surface area contributed by atoms with Crippen LogP contribution in [-0.4, -0.2) is 72.5 Å². The van der Waals surface area contributed by atoms with Crippen LogP contribution >= 0.6 is 0 Å². The lowest BCUT2D eigenvalue weighted by Crippen LogP contribution is -2.53. The molecule has 0 bridgehead atoms. The fourth-order valence-corrected chi connectivity index (χ4v) is 4.32. The molecule has 24 heavy (non-hydrogen) atoms. The number of carbonyl (C=O) groups is 1. The van der Waals surface area contributed by atoms with Crippen molar-refractivity contribution >= 4 is 5.91 Å². The Hall–Kier alpha value is -1.39. The van der Waals surface area contributed by atoms with Gasteiger partial charge in [-0.05, 0) is 17.4 Å². The Balaban J connectivity index is 1.52. The third-order valence-corrected chi connectivity index (χ3v) is 5.78. The highest BCUT2D eigenvalue weighted by molar-refractivity contribution is 5.73. The van der Waals surface area contributed by atoms with Gasteiger partial charge >= 0.3 is 0 Å². The first-order chi connectivity index (χ1) is 11.5. The van der Waals surface area contributed by atoms with Crippen LogP contribution in [0, 0.1) is 5.92 Å². The Morgan fingerprint density at radius 3 is 2.42 bits per heavy atom. The summed E-state index contributed by atoms with van der Waals surface area (Å²) in [6.07, 6.45) is 0. The van der Waals surface area contributed by atoms with Crippen molar-refractivity contribution in [2.24, 2.45) is 5.92 Å². The van der Waals surface area contributed by atoms with Crippen LogP contribution in [0.25, 0.3) is 0 Å². The third-order valence-electron chi connectivity index (χ3n) is 5.78. The molecule has 0 saturated carbocycles. The van der Waals surface area contributed by atoms with Crippen LogP contribution in [0.2, 0.25) is 0 Å². The summed E-state index contributed by atoms with van der Waals surface area (Å²) in [6.45, 7) is 13.7. The van der Waals surface area contributed by atoms with E-state index in [0.29, 0.717) is 17.9 Å². The van der Waals surface area contributed by atoms with Gasteiger partial charge in [-0.3, -0.25) is 9.69 Å². The molecule has 4 nitrogen and oxygen atoms in total. The van der Waals surface area contributed by atoms with Gasteiger partial charge in [0.25, 0.3) is 0 Å². The Labute approximate surface area is 146 Å². The first kappa shape index (κ1) is 17.4. The average molecular weight is 329 g/mol. The first-order valence-corrected chi connectivity index (χ1v) is 9.31. The molecule has 0 unspecified atom stereocenters. The summed E-state index contributed by atoms with van der Waals surface area (Å²) in [5, 5.41) is 0. The van der Waals surface area contributed by atoms with E-state index in [1.807, 2.05) is 4.90 Å². The Kier molecular flexibility index (Phi) is 5.57. The van der Waals surface area contributed by atoms with Crippen LogP contribution < -0.4 is 0 Å². The zero-order chi connectivity index (χ0) is 17.1. The normalized spacial score (nSPS) is 27.4. The lowest BCUT2D eigenvalue weighted by molar-refractivity contribution is -0.130. The van der Waals surface area contributed by atoms with Gasteiger partial charge in [-0.15, -0.1) is 0 Å². The van der Waals surface area contributed by atoms with Crippen molar-refractivity contribution in [3.63, 3.8) is 0 Å². The molecule has 1 aromatic rings. The first-order valence-electron chi connectivity index (χ1n) is 9.31. The van der Waals surface area contributed by atoms with E-state index < -0.39 is 0 Å². The molecule has 0 N–H and O–H groups in total. The maximum absolute atomic E-state index is 11.5. The Morgan fingerprint density at radius 1 is 1.12 bits per heavy atom. The molecule has 1 aromatic carbocycles. The van der Waals surface area contributed by atoms with Crippen molar-refractivity contribution in [2.45, 2.75) is 32.7 Å². The number of hydrogen-bond acceptors (Lipinski definition) is 3. The van der Waals surface area contributed by atoms with E-state index in [4.69, 9.17) is 0 Å². The van der Waals surface area contributed by atoms with Gasteiger partial charge in [0, 0.05) is 58.8 Å². The minimum absolute atomic E-state index is 0.215. The van der Waals surface area contributed by atoms with Gasteiger partial charge in [0.2, 0.25) is 5.91 Å². The second-order valence-corrected chi connectivity index (χ2v) is 7.62. The van der Waals surface area contributed by atoms with E-state index in [-0.39, 0.29) is 5.91 Å². The Morgan fingerprint density at radius 2 is 1.79 bits per heavy atom. The number of amides is 1. The predicted octanol–water partition coefficient (Wildman–Crippen LogP) is 2.27. The monoisotopic (exact) mass is 329 g/mol. The van der Waals surface area contributed by atoms with E-state index >= 15 is 0 Å². The summed E-state index contributed by atoms with van der Waals surface area (Å²) in [5.74, 6) is 1.50. The van der Waals surface area contributed by atoms with Gasteiger partial charge in [-0.2, -0.15) is 0 Å². The highest BCUT2D eigenvalue weighted by atomic mass is 16.2. The molecule has 2 heterocycles. The molecule has 2 fully saturated rings. The molecule has 3 atom stereocenters. The van der Waals surface area contributed by atoms with Crippen LogP contribution in [0.5, 0.6) is 0 Å². The molecule has 132 valence electrons. The largest absolute Gasteiger partial charge is 0.340 e. The van der Waals surface area contributed by atoms with Gasteiger partial charge in [-0.25, -0.2) is 0 Å². The zero-order valence-electron chi connectivity index (χ0n) is 15.3. The van der Waals surface area contributed by atoms with Gasteiger partial charge in [-0.1, -0.05) is 44.2 Å². The summed E-state index contributed by atoms with van der Waals surface area (Å²) in [4.78, 5) is 18.7. The quantitative estimate of drug-likeness (QED) is 0.848. The lowest BCUT2D eigenvalue weighted by Gasteiger charge is -2.39. The lowest BCUT2D eigenvalue weighted by atomic mass is 10.0. The molecule has 0 radical (unpaired) electrons. The second kappa shape index (κ2) is 7.66. The molecule has 0 aromatic heterocycles. The number of piperazine rings is 1. The van der Waals surface area contributed by atoms with Crippen molar-refractivity contribution in [2.75, 3.05) is 45.8 Å². The smallest absolute Gasteiger partial charge is 0.219 e. The molecule has 0 spiro atoms. The van der Waals surface area contributed by atoms with E-state index in [0.717, 1.165) is 32.7 Å². The SMILES string of the molecule is CC(=O)N1CCN([C@@H]2CN(C[C@H](C)c3ccccc3)C[C@H]2C)CC1. The van der Waals surface area contributed by atoms with Crippen molar-refractivity contribution in [1.82, 2.24) is 14.7 Å². The van der Waals surface area contributed by atoms with E-state index in [9.17, 15) is 4.79 Å². The minimum Gasteiger partial charge on any atom is -0.340 e. The van der Waals surface area contributed by atoms with Crippen molar-refractivity contribution in [3.05, 3.63) is 35.9 Å².